The molecule has 1 aliphatic heterocycles. The molecule has 1 atom stereocenters. The highest BCUT2D eigenvalue weighted by Gasteiger charge is 2.31. The topological polar surface area (TPSA) is 152 Å². The smallest absolute Gasteiger partial charge is 0.290 e. The summed E-state index contributed by atoms with van der Waals surface area (Å²) in [7, 11) is 0. The Morgan fingerprint density at radius 1 is 1.11 bits per heavy atom. The number of nitrogens with two attached hydrogens (primary N) is 1. The fraction of sp³-hybridized carbons (Fsp3) is 0.192. The van der Waals surface area contributed by atoms with Gasteiger partial charge in [0.25, 0.3) is 6.02 Å². The van der Waals surface area contributed by atoms with E-state index in [1.54, 1.807) is 18.3 Å². The van der Waals surface area contributed by atoms with Crippen LogP contribution in [0, 0.1) is 6.92 Å². The number of anilines is 3. The summed E-state index contributed by atoms with van der Waals surface area (Å²) >= 11 is 0. The van der Waals surface area contributed by atoms with Crippen molar-refractivity contribution in [3.8, 4) is 11.5 Å². The molecule has 4 aromatic rings. The minimum absolute atomic E-state index is 0.0898. The van der Waals surface area contributed by atoms with E-state index >= 15 is 0 Å². The van der Waals surface area contributed by atoms with Gasteiger partial charge in [-0.05, 0) is 61.9 Å². The van der Waals surface area contributed by atoms with E-state index in [2.05, 4.69) is 35.6 Å². The first kappa shape index (κ1) is 23.9. The summed E-state index contributed by atoms with van der Waals surface area (Å²) in [5.74, 6) is 2.42. The van der Waals surface area contributed by atoms with Gasteiger partial charge in [-0.1, -0.05) is 0 Å². The summed E-state index contributed by atoms with van der Waals surface area (Å²) in [6, 6.07) is 15.3. The van der Waals surface area contributed by atoms with Crippen LogP contribution in [0.15, 0.2) is 71.0 Å². The molecule has 11 heteroatoms. The van der Waals surface area contributed by atoms with Crippen molar-refractivity contribution in [3.63, 3.8) is 0 Å². The van der Waals surface area contributed by atoms with Gasteiger partial charge in [0, 0.05) is 29.0 Å². The first-order chi connectivity index (χ1) is 17.9. The number of nitrogens with one attached hydrogen (secondary N) is 2. The molecule has 0 amide bonds. The largest absolute Gasteiger partial charge is 0.462 e. The summed E-state index contributed by atoms with van der Waals surface area (Å²) < 4.78 is 11.6. The SMILES string of the molecule is Cc1cc(Nc2ncnc3ccc(NC4=NC(C)(CO)CO4)cc23)ccc1Oc1ccnc(N=CN)c1. The lowest BCUT2D eigenvalue weighted by atomic mass is 10.1. The molecule has 0 saturated heterocycles. The molecule has 5 N–H and O–H groups in total. The molecule has 0 fully saturated rings. The van der Waals surface area contributed by atoms with Crippen molar-refractivity contribution >= 4 is 46.3 Å². The number of aliphatic imine (C=N–C) groups is 2. The minimum atomic E-state index is -0.638. The molecule has 2 aromatic carbocycles. The molecule has 11 nitrogen and oxygen atoms in total. The Kier molecular flexibility index (Phi) is 6.52. The highest BCUT2D eigenvalue weighted by atomic mass is 16.5. The summed E-state index contributed by atoms with van der Waals surface area (Å²) in [4.78, 5) is 21.3. The van der Waals surface area contributed by atoms with Crippen LogP contribution in [0.2, 0.25) is 0 Å². The molecular weight excluding hydrogens is 472 g/mol. The average molecular weight is 499 g/mol. The van der Waals surface area contributed by atoms with Crippen LogP contribution < -0.4 is 21.1 Å². The van der Waals surface area contributed by atoms with Crippen molar-refractivity contribution in [2.24, 2.45) is 15.7 Å². The Morgan fingerprint density at radius 2 is 1.95 bits per heavy atom. The van der Waals surface area contributed by atoms with E-state index in [1.807, 2.05) is 50.2 Å². The van der Waals surface area contributed by atoms with Crippen LogP contribution in [0.4, 0.5) is 23.0 Å². The van der Waals surface area contributed by atoms with Crippen LogP contribution in [0.5, 0.6) is 11.5 Å². The molecule has 0 spiro atoms. The van der Waals surface area contributed by atoms with Gasteiger partial charge < -0.3 is 30.9 Å². The summed E-state index contributed by atoms with van der Waals surface area (Å²) in [6.45, 7) is 4.02. The fourth-order valence-electron chi connectivity index (χ4n) is 3.75. The van der Waals surface area contributed by atoms with Crippen LogP contribution in [-0.2, 0) is 4.74 Å². The predicted octanol–water partition coefficient (Wildman–Crippen LogP) is 4.04. The molecule has 0 radical (unpaired) electrons. The molecule has 0 saturated carbocycles. The third-order valence-corrected chi connectivity index (χ3v) is 5.71. The number of aryl methyl sites for hydroxylation is 1. The molecule has 0 bridgehead atoms. The van der Waals surface area contributed by atoms with E-state index in [1.165, 1.54) is 12.7 Å². The third kappa shape index (κ3) is 5.41. The lowest BCUT2D eigenvalue weighted by Gasteiger charge is -2.13. The maximum atomic E-state index is 9.51. The number of amidine groups is 1. The lowest BCUT2D eigenvalue weighted by molar-refractivity contribution is 0.170. The number of aromatic nitrogens is 3. The van der Waals surface area contributed by atoms with Crippen molar-refractivity contribution < 1.29 is 14.6 Å². The predicted molar refractivity (Wildman–Crippen MR) is 143 cm³/mol. The number of nitrogens with zero attached hydrogens (tertiary/aromatic N) is 5. The Bertz CT molecular complexity index is 1510. The molecular formula is C26H26N8O3. The Labute approximate surface area is 213 Å². The average Bonchev–Trinajstić information content (AvgIpc) is 3.27. The van der Waals surface area contributed by atoms with Crippen LogP contribution >= 0.6 is 0 Å². The highest BCUT2D eigenvalue weighted by Crippen LogP contribution is 2.31. The molecule has 3 heterocycles. The van der Waals surface area contributed by atoms with Gasteiger partial charge in [-0.15, -0.1) is 0 Å². The van der Waals surface area contributed by atoms with Gasteiger partial charge in [-0.3, -0.25) is 0 Å². The van der Waals surface area contributed by atoms with Crippen LogP contribution in [0.25, 0.3) is 10.9 Å². The first-order valence-electron chi connectivity index (χ1n) is 11.6. The minimum Gasteiger partial charge on any atom is -0.462 e. The van der Waals surface area contributed by atoms with E-state index in [0.29, 0.717) is 35.8 Å². The van der Waals surface area contributed by atoms with Gasteiger partial charge in [0.2, 0.25) is 0 Å². The van der Waals surface area contributed by atoms with Gasteiger partial charge in [0.05, 0.1) is 18.5 Å². The zero-order valence-corrected chi connectivity index (χ0v) is 20.3. The number of aliphatic hydroxyl groups is 1. The van der Waals surface area contributed by atoms with Gasteiger partial charge in [-0.2, -0.15) is 0 Å². The maximum Gasteiger partial charge on any atom is 0.290 e. The fourth-order valence-corrected chi connectivity index (χ4v) is 3.75. The monoisotopic (exact) mass is 498 g/mol. The second-order valence-electron chi connectivity index (χ2n) is 8.78. The number of rotatable bonds is 7. The van der Waals surface area contributed by atoms with E-state index < -0.39 is 5.54 Å². The Balaban J connectivity index is 1.36. The van der Waals surface area contributed by atoms with Crippen molar-refractivity contribution in [2.75, 3.05) is 23.8 Å². The molecule has 0 aliphatic carbocycles. The molecule has 1 unspecified atom stereocenters. The van der Waals surface area contributed by atoms with Crippen molar-refractivity contribution in [3.05, 3.63) is 66.6 Å². The zero-order chi connectivity index (χ0) is 25.8. The van der Waals surface area contributed by atoms with Gasteiger partial charge >= 0.3 is 0 Å². The Hall–Kier alpha value is -4.77. The maximum absolute atomic E-state index is 9.51. The van der Waals surface area contributed by atoms with Crippen LogP contribution in [-0.4, -0.2) is 51.2 Å². The van der Waals surface area contributed by atoms with E-state index in [9.17, 15) is 5.11 Å². The Morgan fingerprint density at radius 3 is 2.73 bits per heavy atom. The second kappa shape index (κ2) is 10.1. The van der Waals surface area contributed by atoms with Gasteiger partial charge in [-0.25, -0.2) is 24.9 Å². The van der Waals surface area contributed by atoms with E-state index in [-0.39, 0.29) is 6.61 Å². The second-order valence-corrected chi connectivity index (χ2v) is 8.78. The van der Waals surface area contributed by atoms with Crippen LogP contribution in [0.1, 0.15) is 12.5 Å². The lowest BCUT2D eigenvalue weighted by Crippen LogP contribution is -2.28. The summed E-state index contributed by atoms with van der Waals surface area (Å²) in [5, 5.41) is 16.9. The number of benzene rings is 2. The summed E-state index contributed by atoms with van der Waals surface area (Å²) in [6.07, 6.45) is 4.32. The number of fused-ring (bicyclic) bond motifs is 1. The zero-order valence-electron chi connectivity index (χ0n) is 20.3. The molecule has 1 aliphatic rings. The summed E-state index contributed by atoms with van der Waals surface area (Å²) in [5.41, 5.74) is 8.03. The number of aliphatic hydroxyl groups excluding tert-OH is 1. The molecule has 37 heavy (non-hydrogen) atoms. The number of hydrogen-bond donors (Lipinski definition) is 4. The first-order valence-corrected chi connectivity index (χ1v) is 11.6. The van der Waals surface area contributed by atoms with E-state index in [0.717, 1.165) is 27.8 Å². The van der Waals surface area contributed by atoms with Crippen LogP contribution in [0.3, 0.4) is 0 Å². The highest BCUT2D eigenvalue weighted by molar-refractivity contribution is 5.97. The molecule has 2 aromatic heterocycles. The van der Waals surface area contributed by atoms with Gasteiger partial charge in [0.1, 0.15) is 35.8 Å². The van der Waals surface area contributed by atoms with Crippen molar-refractivity contribution in [1.82, 2.24) is 15.0 Å². The third-order valence-electron chi connectivity index (χ3n) is 5.71. The number of ether oxygens (including phenoxy) is 2. The van der Waals surface area contributed by atoms with E-state index in [4.69, 9.17) is 15.2 Å². The van der Waals surface area contributed by atoms with Crippen molar-refractivity contribution in [2.45, 2.75) is 19.4 Å². The molecule has 188 valence electrons. The van der Waals surface area contributed by atoms with Crippen molar-refractivity contribution in [1.29, 1.82) is 0 Å². The standard InChI is InChI=1S/C26H26N8O3/c1-16-9-17(4-6-22(16)37-19-7-8-28-23(11-19)29-14-27)32-24-20-10-18(3-5-21(20)30-15-31-24)33-25-34-26(2,12-35)13-36-25/h3-11,14-15,35H,12-13H2,1-2H3,(H,33,34)(H2,27,28,29)(H,30,31,32). The molecule has 5 rings (SSSR count). The quantitative estimate of drug-likeness (QED) is 0.218. The number of hydrogen-bond acceptors (Lipinski definition) is 10. The van der Waals surface area contributed by atoms with Gasteiger partial charge in [0.15, 0.2) is 5.82 Å². The number of pyridine rings is 1. The normalized spacial score (nSPS) is 17.0.